The second kappa shape index (κ2) is 7.72. The third kappa shape index (κ3) is 4.59. The molecule has 0 bridgehead atoms. The molecule has 1 atom stereocenters. The lowest BCUT2D eigenvalue weighted by Gasteiger charge is -2.36. The highest BCUT2D eigenvalue weighted by Gasteiger charge is 2.31. The SMILES string of the molecule is CC1CCCN(C(=O)NC2CCN(c3ccc(C(F)(F)F)cn3)CC2)C1. The average molecular weight is 370 g/mol. The Bertz CT molecular complexity index is 612. The van der Waals surface area contributed by atoms with Gasteiger partial charge in [-0.25, -0.2) is 9.78 Å². The molecule has 0 saturated carbocycles. The normalized spacial score (nSPS) is 22.4. The number of aromatic nitrogens is 1. The lowest BCUT2D eigenvalue weighted by molar-refractivity contribution is -0.137. The van der Waals surface area contributed by atoms with Crippen molar-refractivity contribution in [3.05, 3.63) is 23.9 Å². The van der Waals surface area contributed by atoms with Gasteiger partial charge in [-0.05, 0) is 43.7 Å². The maximum atomic E-state index is 12.6. The number of alkyl halides is 3. The fourth-order valence-corrected chi connectivity index (χ4v) is 3.63. The largest absolute Gasteiger partial charge is 0.417 e. The number of nitrogens with one attached hydrogen (secondary N) is 1. The van der Waals surface area contributed by atoms with E-state index in [1.54, 1.807) is 0 Å². The molecule has 8 heteroatoms. The van der Waals surface area contributed by atoms with Crippen molar-refractivity contribution < 1.29 is 18.0 Å². The number of carbonyl (C=O) groups is 1. The quantitative estimate of drug-likeness (QED) is 0.867. The molecule has 2 amide bonds. The summed E-state index contributed by atoms with van der Waals surface area (Å²) in [5.41, 5.74) is -0.737. The number of hydrogen-bond acceptors (Lipinski definition) is 3. The molecule has 0 aliphatic carbocycles. The Morgan fingerprint density at radius 3 is 2.50 bits per heavy atom. The summed E-state index contributed by atoms with van der Waals surface area (Å²) in [6.07, 6.45) is 0.250. The molecule has 5 nitrogen and oxygen atoms in total. The first-order valence-corrected chi connectivity index (χ1v) is 9.16. The van der Waals surface area contributed by atoms with Crippen LogP contribution in [0.4, 0.5) is 23.8 Å². The van der Waals surface area contributed by atoms with E-state index in [0.29, 0.717) is 24.8 Å². The summed E-state index contributed by atoms with van der Waals surface area (Å²) >= 11 is 0. The maximum absolute atomic E-state index is 12.6. The number of nitrogens with zero attached hydrogens (tertiary/aromatic N) is 3. The number of likely N-dealkylation sites (tertiary alicyclic amines) is 1. The number of anilines is 1. The van der Waals surface area contributed by atoms with Gasteiger partial charge >= 0.3 is 12.2 Å². The Morgan fingerprint density at radius 1 is 1.19 bits per heavy atom. The van der Waals surface area contributed by atoms with Crippen molar-refractivity contribution in [3.8, 4) is 0 Å². The third-order valence-electron chi connectivity index (χ3n) is 5.17. The van der Waals surface area contributed by atoms with Gasteiger partial charge in [-0.3, -0.25) is 0 Å². The first-order valence-electron chi connectivity index (χ1n) is 9.16. The zero-order valence-electron chi connectivity index (χ0n) is 14.9. The van der Waals surface area contributed by atoms with Crippen LogP contribution in [0.25, 0.3) is 0 Å². The van der Waals surface area contributed by atoms with Gasteiger partial charge in [0, 0.05) is 38.4 Å². The van der Waals surface area contributed by atoms with Crippen molar-refractivity contribution >= 4 is 11.8 Å². The van der Waals surface area contributed by atoms with Crippen molar-refractivity contribution in [2.24, 2.45) is 5.92 Å². The number of piperidine rings is 2. The highest BCUT2D eigenvalue weighted by Crippen LogP contribution is 2.29. The Labute approximate surface area is 151 Å². The molecule has 2 aliphatic rings. The van der Waals surface area contributed by atoms with E-state index >= 15 is 0 Å². The Kier molecular flexibility index (Phi) is 5.58. The molecular weight excluding hydrogens is 345 g/mol. The average Bonchev–Trinajstić information content (AvgIpc) is 2.62. The molecule has 1 aromatic rings. The van der Waals surface area contributed by atoms with Gasteiger partial charge in [0.15, 0.2) is 0 Å². The van der Waals surface area contributed by atoms with Crippen molar-refractivity contribution in [2.45, 2.75) is 44.8 Å². The van der Waals surface area contributed by atoms with E-state index in [-0.39, 0.29) is 12.1 Å². The minimum absolute atomic E-state index is 0.00246. The molecule has 3 heterocycles. The number of pyridine rings is 1. The number of amides is 2. The smallest absolute Gasteiger partial charge is 0.356 e. The molecule has 1 aromatic heterocycles. The van der Waals surface area contributed by atoms with Crippen LogP contribution in [-0.2, 0) is 6.18 Å². The summed E-state index contributed by atoms with van der Waals surface area (Å²) in [5.74, 6) is 1.09. The van der Waals surface area contributed by atoms with Gasteiger partial charge in [-0.1, -0.05) is 6.92 Å². The van der Waals surface area contributed by atoms with Gasteiger partial charge < -0.3 is 15.1 Å². The molecule has 1 N–H and O–H groups in total. The van der Waals surface area contributed by atoms with Crippen LogP contribution in [0.15, 0.2) is 18.3 Å². The number of rotatable bonds is 2. The summed E-state index contributed by atoms with van der Waals surface area (Å²) in [4.78, 5) is 20.2. The molecule has 26 heavy (non-hydrogen) atoms. The van der Waals surface area contributed by atoms with Gasteiger partial charge in [0.05, 0.1) is 5.56 Å². The minimum Gasteiger partial charge on any atom is -0.356 e. The second-order valence-corrected chi connectivity index (χ2v) is 7.31. The summed E-state index contributed by atoms with van der Waals surface area (Å²) in [5, 5.41) is 3.10. The first-order chi connectivity index (χ1) is 12.3. The topological polar surface area (TPSA) is 48.5 Å². The van der Waals surface area contributed by atoms with E-state index < -0.39 is 11.7 Å². The highest BCUT2D eigenvalue weighted by atomic mass is 19.4. The Hall–Kier alpha value is -1.99. The van der Waals surface area contributed by atoms with Crippen LogP contribution in [0, 0.1) is 5.92 Å². The van der Waals surface area contributed by atoms with Gasteiger partial charge in [-0.2, -0.15) is 13.2 Å². The summed E-state index contributed by atoms with van der Waals surface area (Å²) in [6, 6.07) is 2.58. The van der Waals surface area contributed by atoms with Crippen molar-refractivity contribution in [3.63, 3.8) is 0 Å². The highest BCUT2D eigenvalue weighted by molar-refractivity contribution is 5.74. The molecule has 144 valence electrons. The number of urea groups is 1. The zero-order valence-corrected chi connectivity index (χ0v) is 14.9. The van der Waals surface area contributed by atoms with Crippen LogP contribution in [0.3, 0.4) is 0 Å². The third-order valence-corrected chi connectivity index (χ3v) is 5.17. The summed E-state index contributed by atoms with van der Waals surface area (Å²) in [7, 11) is 0. The first kappa shape index (κ1) is 18.8. The van der Waals surface area contributed by atoms with Crippen LogP contribution in [0.1, 0.15) is 38.2 Å². The number of carbonyl (C=O) groups excluding carboxylic acids is 1. The second-order valence-electron chi connectivity index (χ2n) is 7.31. The lowest BCUT2D eigenvalue weighted by Crippen LogP contribution is -2.51. The molecule has 3 rings (SSSR count). The van der Waals surface area contributed by atoms with Crippen LogP contribution >= 0.6 is 0 Å². The van der Waals surface area contributed by atoms with E-state index in [1.165, 1.54) is 12.5 Å². The fourth-order valence-electron chi connectivity index (χ4n) is 3.63. The molecule has 2 saturated heterocycles. The molecular formula is C18H25F3N4O. The van der Waals surface area contributed by atoms with Crippen molar-refractivity contribution in [2.75, 3.05) is 31.1 Å². The molecule has 0 radical (unpaired) electrons. The van der Waals surface area contributed by atoms with E-state index in [1.807, 2.05) is 9.80 Å². The molecule has 2 fully saturated rings. The summed E-state index contributed by atoms with van der Waals surface area (Å²) in [6.45, 7) is 5.11. The molecule has 0 spiro atoms. The number of hydrogen-bond donors (Lipinski definition) is 1. The fraction of sp³-hybridized carbons (Fsp3) is 0.667. The summed E-state index contributed by atoms with van der Waals surface area (Å²) < 4.78 is 37.8. The molecule has 1 unspecified atom stereocenters. The van der Waals surface area contributed by atoms with Crippen LogP contribution in [0.2, 0.25) is 0 Å². The van der Waals surface area contributed by atoms with E-state index in [4.69, 9.17) is 0 Å². The lowest BCUT2D eigenvalue weighted by atomic mass is 10.0. The maximum Gasteiger partial charge on any atom is 0.417 e. The van der Waals surface area contributed by atoms with E-state index in [2.05, 4.69) is 17.2 Å². The van der Waals surface area contributed by atoms with Gasteiger partial charge in [0.1, 0.15) is 5.82 Å². The Balaban J connectivity index is 1.49. The predicted octanol–water partition coefficient (Wildman–Crippen LogP) is 3.51. The number of halogens is 3. The monoisotopic (exact) mass is 370 g/mol. The Morgan fingerprint density at radius 2 is 1.92 bits per heavy atom. The zero-order chi connectivity index (χ0) is 18.7. The van der Waals surface area contributed by atoms with Crippen molar-refractivity contribution in [1.29, 1.82) is 0 Å². The van der Waals surface area contributed by atoms with Gasteiger partial charge in [0.25, 0.3) is 0 Å². The predicted molar refractivity (Wildman–Crippen MR) is 93.0 cm³/mol. The molecule has 0 aromatic carbocycles. The van der Waals surface area contributed by atoms with E-state index in [0.717, 1.165) is 44.6 Å². The standard InChI is InChI=1S/C18H25F3N4O/c1-13-3-2-8-25(12-13)17(26)23-15-6-9-24(10-7-15)16-5-4-14(11-22-16)18(19,20)21/h4-5,11,13,15H,2-3,6-10,12H2,1H3,(H,23,26). The van der Waals surface area contributed by atoms with Crippen molar-refractivity contribution in [1.82, 2.24) is 15.2 Å². The van der Waals surface area contributed by atoms with Gasteiger partial charge in [-0.15, -0.1) is 0 Å². The van der Waals surface area contributed by atoms with Crippen LogP contribution < -0.4 is 10.2 Å². The minimum atomic E-state index is -4.37. The van der Waals surface area contributed by atoms with Gasteiger partial charge in [0.2, 0.25) is 0 Å². The molecule has 2 aliphatic heterocycles. The van der Waals surface area contributed by atoms with E-state index in [9.17, 15) is 18.0 Å². The van der Waals surface area contributed by atoms with Crippen LogP contribution in [-0.4, -0.2) is 48.1 Å². The van der Waals surface area contributed by atoms with Crippen LogP contribution in [0.5, 0.6) is 0 Å².